The zero-order valence-corrected chi connectivity index (χ0v) is 20.7. The number of ether oxygens (including phenoxy) is 1. The van der Waals surface area contributed by atoms with E-state index in [1.54, 1.807) is 0 Å². The van der Waals surface area contributed by atoms with E-state index in [1.807, 2.05) is 7.05 Å². The van der Waals surface area contributed by atoms with Crippen molar-refractivity contribution >= 4 is 41.9 Å². The van der Waals surface area contributed by atoms with Crippen LogP contribution in [0.5, 0.6) is 5.75 Å². The molecular weight excluding hydrogens is 453 g/mol. The van der Waals surface area contributed by atoms with Gasteiger partial charge in [0.1, 0.15) is 12.4 Å². The predicted molar refractivity (Wildman–Crippen MR) is 143 cm³/mol. The molecule has 1 atom stereocenters. The number of halogens is 2. The van der Waals surface area contributed by atoms with Crippen LogP contribution in [0.2, 0.25) is 0 Å². The van der Waals surface area contributed by atoms with Crippen LogP contribution in [0.4, 0.5) is 17.1 Å². The van der Waals surface area contributed by atoms with Gasteiger partial charge in [0.15, 0.2) is 0 Å². The van der Waals surface area contributed by atoms with Gasteiger partial charge in [0, 0.05) is 43.1 Å². The quantitative estimate of drug-likeness (QED) is 0.442. The summed E-state index contributed by atoms with van der Waals surface area (Å²) < 4.78 is 6.16. The van der Waals surface area contributed by atoms with E-state index in [2.05, 4.69) is 87.9 Å². The van der Waals surface area contributed by atoms with Crippen molar-refractivity contribution < 1.29 is 4.74 Å². The number of likely N-dealkylation sites (tertiary alicyclic amines) is 1. The van der Waals surface area contributed by atoms with Gasteiger partial charge in [-0.25, -0.2) is 0 Å². The normalized spacial score (nSPS) is 17.0. The monoisotopic (exact) mass is 485 g/mol. The smallest absolute Gasteiger partial charge is 0.143 e. The topological polar surface area (TPSA) is 27.7 Å². The molecule has 4 nitrogen and oxygen atoms in total. The molecule has 3 aromatic rings. The van der Waals surface area contributed by atoms with Gasteiger partial charge in [0.25, 0.3) is 0 Å². The Morgan fingerprint density at radius 1 is 0.909 bits per heavy atom. The first-order valence-corrected chi connectivity index (χ1v) is 11.4. The summed E-state index contributed by atoms with van der Waals surface area (Å²) >= 11 is 0. The number of fused-ring (bicyclic) bond motifs is 2. The maximum Gasteiger partial charge on any atom is 0.143 e. The summed E-state index contributed by atoms with van der Waals surface area (Å²) in [5.41, 5.74) is 6.30. The Hall–Kier alpha value is -2.40. The summed E-state index contributed by atoms with van der Waals surface area (Å²) in [6, 6.07) is 26.5. The average molecular weight is 486 g/mol. The van der Waals surface area contributed by atoms with Crippen molar-refractivity contribution in [3.8, 4) is 5.75 Å². The summed E-state index contributed by atoms with van der Waals surface area (Å²) in [6.07, 6.45) is 3.62. The molecule has 0 spiro atoms. The molecule has 1 saturated heterocycles. The number of nitrogens with zero attached hydrogens (tertiary/aromatic N) is 2. The SMILES string of the molecule is CNc1ccc(CCN2CCCC2CN2c3ccccc3COc3ccccc32)cc1.Cl.Cl. The first kappa shape index (κ1) is 25.2. The molecule has 2 aliphatic heterocycles. The molecule has 0 aliphatic carbocycles. The Balaban J connectivity index is 0.00000153. The zero-order valence-electron chi connectivity index (χ0n) is 19.1. The molecule has 176 valence electrons. The fraction of sp³-hybridized carbons (Fsp3) is 0.333. The molecule has 0 saturated carbocycles. The van der Waals surface area contributed by atoms with Crippen LogP contribution >= 0.6 is 24.8 Å². The van der Waals surface area contributed by atoms with Crippen molar-refractivity contribution in [2.24, 2.45) is 0 Å². The number of anilines is 3. The second kappa shape index (κ2) is 11.6. The Labute approximate surface area is 209 Å². The van der Waals surface area contributed by atoms with Gasteiger partial charge in [-0.2, -0.15) is 0 Å². The molecule has 1 fully saturated rings. The van der Waals surface area contributed by atoms with E-state index in [1.165, 1.54) is 47.6 Å². The Kier molecular flexibility index (Phi) is 8.90. The molecule has 2 heterocycles. The summed E-state index contributed by atoms with van der Waals surface area (Å²) in [5, 5.41) is 3.20. The van der Waals surface area contributed by atoms with E-state index >= 15 is 0 Å². The van der Waals surface area contributed by atoms with Gasteiger partial charge >= 0.3 is 0 Å². The largest absolute Gasteiger partial charge is 0.487 e. The second-order valence-electron chi connectivity index (χ2n) is 8.52. The van der Waals surface area contributed by atoms with Gasteiger partial charge in [-0.15, -0.1) is 24.8 Å². The maximum absolute atomic E-state index is 6.16. The molecule has 1 N–H and O–H groups in total. The van der Waals surface area contributed by atoms with Crippen LogP contribution in [0, 0.1) is 0 Å². The van der Waals surface area contributed by atoms with Crippen molar-refractivity contribution in [2.75, 3.05) is 36.9 Å². The molecule has 1 unspecified atom stereocenters. The van der Waals surface area contributed by atoms with E-state index in [9.17, 15) is 0 Å². The highest BCUT2D eigenvalue weighted by atomic mass is 35.5. The fourth-order valence-electron chi connectivity index (χ4n) is 4.90. The standard InChI is InChI=1S/C27H31N3O.2ClH/c1-28-23-14-12-21(13-15-23)16-18-29-17-6-8-24(29)19-30-25-9-3-2-7-22(25)20-31-27-11-5-4-10-26(27)30;;/h2-5,7,9-15,24,28H,6,8,16-20H2,1H3;2*1H. The summed E-state index contributed by atoms with van der Waals surface area (Å²) in [4.78, 5) is 5.17. The molecule has 33 heavy (non-hydrogen) atoms. The van der Waals surface area contributed by atoms with Crippen molar-refractivity contribution in [2.45, 2.75) is 31.9 Å². The predicted octanol–water partition coefficient (Wildman–Crippen LogP) is 6.31. The van der Waals surface area contributed by atoms with Crippen molar-refractivity contribution in [1.82, 2.24) is 4.90 Å². The lowest BCUT2D eigenvalue weighted by Gasteiger charge is -2.32. The molecule has 6 heteroatoms. The van der Waals surface area contributed by atoms with Gasteiger partial charge < -0.3 is 15.0 Å². The first-order chi connectivity index (χ1) is 15.3. The van der Waals surface area contributed by atoms with Crippen LogP contribution in [-0.2, 0) is 13.0 Å². The van der Waals surface area contributed by atoms with Crippen LogP contribution in [0.15, 0.2) is 72.8 Å². The maximum atomic E-state index is 6.16. The average Bonchev–Trinajstić information content (AvgIpc) is 3.21. The molecule has 5 rings (SSSR count). The van der Waals surface area contributed by atoms with Crippen LogP contribution < -0.4 is 15.0 Å². The highest BCUT2D eigenvalue weighted by Crippen LogP contribution is 2.40. The highest BCUT2D eigenvalue weighted by molar-refractivity contribution is 5.85. The molecule has 2 aliphatic rings. The van der Waals surface area contributed by atoms with Crippen LogP contribution in [0.1, 0.15) is 24.0 Å². The summed E-state index contributed by atoms with van der Waals surface area (Å²) in [5.74, 6) is 0.980. The number of hydrogen-bond acceptors (Lipinski definition) is 4. The molecule has 0 radical (unpaired) electrons. The Morgan fingerprint density at radius 3 is 2.42 bits per heavy atom. The van der Waals surface area contributed by atoms with Crippen LogP contribution in [0.3, 0.4) is 0 Å². The van der Waals surface area contributed by atoms with E-state index in [-0.39, 0.29) is 24.8 Å². The van der Waals surface area contributed by atoms with Gasteiger partial charge in [0.2, 0.25) is 0 Å². The van der Waals surface area contributed by atoms with E-state index in [0.29, 0.717) is 12.6 Å². The minimum absolute atomic E-state index is 0. The lowest BCUT2D eigenvalue weighted by Crippen LogP contribution is -2.39. The lowest BCUT2D eigenvalue weighted by atomic mass is 10.1. The van der Waals surface area contributed by atoms with Crippen molar-refractivity contribution in [3.05, 3.63) is 83.9 Å². The third-order valence-corrected chi connectivity index (χ3v) is 6.64. The van der Waals surface area contributed by atoms with Gasteiger partial charge in [-0.05, 0) is 61.7 Å². The van der Waals surface area contributed by atoms with E-state index in [0.717, 1.165) is 25.3 Å². The Bertz CT molecular complexity index is 980. The number of hydrogen-bond donors (Lipinski definition) is 1. The first-order valence-electron chi connectivity index (χ1n) is 11.4. The van der Waals surface area contributed by atoms with Gasteiger partial charge in [-0.3, -0.25) is 4.90 Å². The Morgan fingerprint density at radius 2 is 1.64 bits per heavy atom. The summed E-state index contributed by atoms with van der Waals surface area (Å²) in [7, 11) is 1.97. The zero-order chi connectivity index (χ0) is 21.0. The molecule has 0 amide bonds. The molecular formula is C27H33Cl2N3O. The highest BCUT2D eigenvalue weighted by Gasteiger charge is 2.29. The number of para-hydroxylation sites is 3. The number of benzene rings is 3. The van der Waals surface area contributed by atoms with Crippen LogP contribution in [-0.4, -0.2) is 37.6 Å². The lowest BCUT2D eigenvalue weighted by molar-refractivity contribution is 0.261. The van der Waals surface area contributed by atoms with Gasteiger partial charge in [-0.1, -0.05) is 42.5 Å². The van der Waals surface area contributed by atoms with Crippen molar-refractivity contribution in [3.63, 3.8) is 0 Å². The molecule has 3 aromatic carbocycles. The van der Waals surface area contributed by atoms with Crippen LogP contribution in [0.25, 0.3) is 0 Å². The molecule has 0 bridgehead atoms. The fourth-order valence-corrected chi connectivity index (χ4v) is 4.90. The minimum atomic E-state index is 0. The second-order valence-corrected chi connectivity index (χ2v) is 8.52. The van der Waals surface area contributed by atoms with Gasteiger partial charge in [0.05, 0.1) is 5.69 Å². The van der Waals surface area contributed by atoms with E-state index in [4.69, 9.17) is 4.74 Å². The third-order valence-electron chi connectivity index (χ3n) is 6.64. The molecule has 0 aromatic heterocycles. The number of rotatable bonds is 6. The van der Waals surface area contributed by atoms with Crippen molar-refractivity contribution in [1.29, 1.82) is 0 Å². The number of nitrogens with one attached hydrogen (secondary N) is 1. The third kappa shape index (κ3) is 5.57. The minimum Gasteiger partial charge on any atom is -0.487 e. The summed E-state index contributed by atoms with van der Waals surface area (Å²) in [6.45, 7) is 3.92. The van der Waals surface area contributed by atoms with E-state index < -0.39 is 0 Å².